The Morgan fingerprint density at radius 1 is 1.50 bits per heavy atom. The number of amides is 1. The summed E-state index contributed by atoms with van der Waals surface area (Å²) >= 11 is 1.00. The van der Waals surface area contributed by atoms with Gasteiger partial charge in [0.25, 0.3) is 0 Å². The van der Waals surface area contributed by atoms with E-state index in [-0.39, 0.29) is 30.4 Å². The molecule has 1 amide bonds. The van der Waals surface area contributed by atoms with Crippen LogP contribution in [0.15, 0.2) is 20.8 Å². The molecule has 144 valence electrons. The van der Waals surface area contributed by atoms with Crippen molar-refractivity contribution in [3.63, 3.8) is 0 Å². The van der Waals surface area contributed by atoms with E-state index in [4.69, 9.17) is 4.74 Å². The van der Waals surface area contributed by atoms with Crippen molar-refractivity contribution in [2.24, 2.45) is 11.4 Å². The minimum atomic E-state index is -4.46. The van der Waals surface area contributed by atoms with E-state index in [9.17, 15) is 22.4 Å². The monoisotopic (exact) mass is 408 g/mol. The highest BCUT2D eigenvalue weighted by Gasteiger charge is 2.21. The third-order valence-electron chi connectivity index (χ3n) is 3.01. The van der Waals surface area contributed by atoms with Gasteiger partial charge in [0.2, 0.25) is 4.80 Å². The summed E-state index contributed by atoms with van der Waals surface area (Å²) in [7, 11) is -3.14. The number of hydrogen-bond acceptors (Lipinski definition) is 7. The first-order valence-electron chi connectivity index (χ1n) is 7.41. The number of nitrogens with one attached hydrogen (secondary N) is 1. The molecule has 11 nitrogen and oxygen atoms in total. The van der Waals surface area contributed by atoms with Gasteiger partial charge in [0.15, 0.2) is 0 Å². The second kappa shape index (κ2) is 8.27. The lowest BCUT2D eigenvalue weighted by Crippen LogP contribution is -2.40. The van der Waals surface area contributed by atoms with Gasteiger partial charge in [0.1, 0.15) is 0 Å². The molecule has 2 heterocycles. The number of rotatable bonds is 7. The topological polar surface area (TPSA) is 130 Å². The number of hydrogen-bond donors (Lipinski definition) is 1. The van der Waals surface area contributed by atoms with Gasteiger partial charge in [0, 0.05) is 25.2 Å². The van der Waals surface area contributed by atoms with Crippen molar-refractivity contribution in [2.75, 3.05) is 13.3 Å². The number of nitrogens with zero attached hydrogens (tertiary/aromatic N) is 5. The van der Waals surface area contributed by atoms with Crippen LogP contribution >= 0.6 is 11.3 Å². The molecule has 0 saturated heterocycles. The summed E-state index contributed by atoms with van der Waals surface area (Å²) in [6, 6.07) is -1.43. The fourth-order valence-corrected chi connectivity index (χ4v) is 3.60. The zero-order chi connectivity index (χ0) is 19.3. The van der Waals surface area contributed by atoms with Crippen molar-refractivity contribution in [1.29, 1.82) is 0 Å². The van der Waals surface area contributed by atoms with Crippen molar-refractivity contribution in [3.8, 4) is 6.01 Å². The molecule has 2 aromatic rings. The second-order valence-electron chi connectivity index (χ2n) is 4.86. The average Bonchev–Trinajstić information content (AvgIpc) is 3.11. The van der Waals surface area contributed by atoms with Gasteiger partial charge in [-0.1, -0.05) is 0 Å². The average molecular weight is 408 g/mol. The molecular weight excluding hydrogens is 391 g/mol. The second-order valence-corrected chi connectivity index (χ2v) is 7.07. The summed E-state index contributed by atoms with van der Waals surface area (Å²) < 4.78 is 49.3. The molecule has 0 aromatic carbocycles. The summed E-state index contributed by atoms with van der Waals surface area (Å²) in [5.41, 5.74) is -0.879. The highest BCUT2D eigenvalue weighted by molar-refractivity contribution is 7.88. The fourth-order valence-electron chi connectivity index (χ4n) is 1.86. The predicted octanol–water partition coefficient (Wildman–Crippen LogP) is -0.394. The number of aromatic nitrogens is 4. The van der Waals surface area contributed by atoms with Crippen LogP contribution in [0.3, 0.4) is 0 Å². The molecule has 0 bridgehead atoms. The smallest absolute Gasteiger partial charge is 0.361 e. The zero-order valence-electron chi connectivity index (χ0n) is 14.0. The summed E-state index contributed by atoms with van der Waals surface area (Å²) in [6.07, 6.45) is 1.74. The van der Waals surface area contributed by atoms with E-state index < -0.39 is 28.6 Å². The van der Waals surface area contributed by atoms with Crippen LogP contribution in [0.25, 0.3) is 0 Å². The molecule has 26 heavy (non-hydrogen) atoms. The van der Waals surface area contributed by atoms with Gasteiger partial charge < -0.3 is 9.30 Å². The third kappa shape index (κ3) is 4.57. The number of thiazole rings is 1. The molecule has 0 atom stereocenters. The highest BCUT2D eigenvalue weighted by atomic mass is 32.2. The SMILES string of the molecule is CCOc1nn(C(=O)NS(=O)(=O)/N=c2/sccn2CCCF)c(=O)n1C. The Hall–Kier alpha value is -2.48. The van der Waals surface area contributed by atoms with Crippen LogP contribution in [-0.4, -0.2) is 46.6 Å². The molecule has 2 aromatic heterocycles. The number of ether oxygens (including phenoxy) is 1. The van der Waals surface area contributed by atoms with Crippen LogP contribution in [0.1, 0.15) is 13.3 Å². The van der Waals surface area contributed by atoms with Crippen molar-refractivity contribution in [2.45, 2.75) is 19.9 Å². The van der Waals surface area contributed by atoms with Crippen LogP contribution < -0.4 is 20.0 Å². The van der Waals surface area contributed by atoms with Crippen molar-refractivity contribution in [3.05, 3.63) is 26.9 Å². The van der Waals surface area contributed by atoms with Crippen LogP contribution in [0.4, 0.5) is 9.18 Å². The molecule has 2 rings (SSSR count). The number of carbonyl (C=O) groups is 1. The maximum absolute atomic E-state index is 12.3. The summed E-state index contributed by atoms with van der Waals surface area (Å²) in [5.74, 6) is 0. The Bertz CT molecular complexity index is 1000. The van der Waals surface area contributed by atoms with Crippen molar-refractivity contribution >= 4 is 27.6 Å². The number of halogens is 1. The third-order valence-corrected chi connectivity index (χ3v) is 4.77. The Balaban J connectivity index is 2.26. The van der Waals surface area contributed by atoms with Crippen LogP contribution in [0, 0.1) is 0 Å². The first kappa shape index (κ1) is 19.8. The molecule has 0 fully saturated rings. The van der Waals surface area contributed by atoms with Crippen molar-refractivity contribution in [1.82, 2.24) is 23.6 Å². The molecule has 0 unspecified atom stereocenters. The molecule has 1 N–H and O–H groups in total. The maximum atomic E-state index is 12.3. The van der Waals surface area contributed by atoms with Gasteiger partial charge in [-0.15, -0.1) is 25.5 Å². The number of alkyl halides is 1. The molecule has 0 spiro atoms. The number of carbonyl (C=O) groups excluding carboxylic acids is 1. The Kier molecular flexibility index (Phi) is 6.31. The van der Waals surface area contributed by atoms with Gasteiger partial charge in [-0.25, -0.2) is 18.9 Å². The first-order chi connectivity index (χ1) is 12.3. The Morgan fingerprint density at radius 2 is 2.23 bits per heavy atom. The molecule has 0 aliphatic heterocycles. The fraction of sp³-hybridized carbons (Fsp3) is 0.500. The first-order valence-corrected chi connectivity index (χ1v) is 9.73. The van der Waals surface area contributed by atoms with Crippen LogP contribution in [0.5, 0.6) is 6.01 Å². The maximum Gasteiger partial charge on any atom is 0.361 e. The van der Waals surface area contributed by atoms with E-state index in [1.807, 2.05) is 0 Å². The largest absolute Gasteiger partial charge is 0.464 e. The summed E-state index contributed by atoms with van der Waals surface area (Å²) in [6.45, 7) is 1.54. The minimum absolute atomic E-state index is 0.0575. The highest BCUT2D eigenvalue weighted by Crippen LogP contribution is 2.01. The van der Waals surface area contributed by atoms with E-state index in [0.717, 1.165) is 15.9 Å². The lowest BCUT2D eigenvalue weighted by molar-refractivity contribution is 0.242. The lowest BCUT2D eigenvalue weighted by Gasteiger charge is -2.02. The summed E-state index contributed by atoms with van der Waals surface area (Å²) in [4.78, 5) is 24.1. The molecule has 0 saturated carbocycles. The summed E-state index contributed by atoms with van der Waals surface area (Å²) in [5, 5.41) is 5.20. The van der Waals surface area contributed by atoms with Gasteiger partial charge in [-0.2, -0.15) is 8.42 Å². The predicted molar refractivity (Wildman–Crippen MR) is 90.0 cm³/mol. The molecule has 0 aliphatic rings. The number of aryl methyl sites for hydroxylation is 1. The van der Waals surface area contributed by atoms with Gasteiger partial charge in [-0.3, -0.25) is 4.39 Å². The molecule has 14 heteroatoms. The van der Waals surface area contributed by atoms with Crippen molar-refractivity contribution < 1.29 is 22.3 Å². The standard InChI is InChI=1S/C12H17FN6O5S2/c1-3-24-10-14-19(12(21)17(10)2)9(20)15-26(22,23)16-11-18(6-4-5-13)7-8-25-11/h7-8H,3-6H2,1-2H3,(H,15,20)/b16-11+. The zero-order valence-corrected chi connectivity index (χ0v) is 15.6. The Morgan fingerprint density at radius 3 is 2.88 bits per heavy atom. The van der Waals surface area contributed by atoms with Gasteiger partial charge >= 0.3 is 27.9 Å². The molecule has 0 aliphatic carbocycles. The normalized spacial score (nSPS) is 12.3. The van der Waals surface area contributed by atoms with E-state index in [1.54, 1.807) is 23.2 Å². The van der Waals surface area contributed by atoms with E-state index in [1.165, 1.54) is 11.6 Å². The quantitative estimate of drug-likeness (QED) is 0.664. The lowest BCUT2D eigenvalue weighted by atomic mass is 10.5. The van der Waals surface area contributed by atoms with E-state index in [0.29, 0.717) is 4.68 Å². The van der Waals surface area contributed by atoms with E-state index >= 15 is 0 Å². The van der Waals surface area contributed by atoms with E-state index in [2.05, 4.69) is 9.50 Å². The van der Waals surface area contributed by atoms with Crippen LogP contribution in [-0.2, 0) is 23.8 Å². The van der Waals surface area contributed by atoms with Crippen LogP contribution in [0.2, 0.25) is 0 Å². The van der Waals surface area contributed by atoms with Gasteiger partial charge in [0.05, 0.1) is 13.3 Å². The Labute approximate surface area is 151 Å². The van der Waals surface area contributed by atoms with Gasteiger partial charge in [-0.05, 0) is 13.3 Å². The molecule has 0 radical (unpaired) electrons. The minimum Gasteiger partial charge on any atom is -0.464 e. The molecular formula is C12H17FN6O5S2.